The second-order valence-corrected chi connectivity index (χ2v) is 5.44. The fourth-order valence-electron chi connectivity index (χ4n) is 1.92. The Morgan fingerprint density at radius 2 is 1.84 bits per heavy atom. The van der Waals surface area contributed by atoms with E-state index in [1.807, 2.05) is 5.43 Å². The van der Waals surface area contributed by atoms with Crippen molar-refractivity contribution in [2.75, 3.05) is 5.32 Å². The van der Waals surface area contributed by atoms with Crippen LogP contribution >= 0.6 is 11.6 Å². The molecule has 25 heavy (non-hydrogen) atoms. The Kier molecular flexibility index (Phi) is 5.86. The van der Waals surface area contributed by atoms with Crippen LogP contribution < -0.4 is 10.7 Å². The summed E-state index contributed by atoms with van der Waals surface area (Å²) in [6.07, 6.45) is 1.15. The summed E-state index contributed by atoms with van der Waals surface area (Å²) in [5.41, 5.74) is 3.51. The molecule has 0 atom stereocenters. The highest BCUT2D eigenvalue weighted by Crippen LogP contribution is 2.19. The number of nitrogens with one attached hydrogen (secondary N) is 2. The van der Waals surface area contributed by atoms with Crippen LogP contribution in [-0.4, -0.2) is 29.1 Å². The van der Waals surface area contributed by atoms with Gasteiger partial charge in [-0.1, -0.05) is 35.9 Å². The number of carbonyl (C=O) groups is 3. The zero-order valence-electron chi connectivity index (χ0n) is 13.1. The van der Waals surface area contributed by atoms with E-state index in [2.05, 4.69) is 10.4 Å². The van der Waals surface area contributed by atoms with Gasteiger partial charge in [-0.2, -0.15) is 5.10 Å². The van der Waals surface area contributed by atoms with Crippen LogP contribution in [0, 0.1) is 6.92 Å². The van der Waals surface area contributed by atoms with Gasteiger partial charge in [0, 0.05) is 16.3 Å². The summed E-state index contributed by atoms with van der Waals surface area (Å²) in [4.78, 5) is 34.7. The van der Waals surface area contributed by atoms with Crippen LogP contribution in [0.3, 0.4) is 0 Å². The molecule has 3 N–H and O–H groups in total. The van der Waals surface area contributed by atoms with E-state index >= 15 is 0 Å². The number of anilines is 1. The molecule has 0 aliphatic rings. The maximum absolute atomic E-state index is 11.9. The lowest BCUT2D eigenvalue weighted by molar-refractivity contribution is -0.136. The van der Waals surface area contributed by atoms with Gasteiger partial charge in [-0.05, 0) is 30.7 Å². The predicted octanol–water partition coefficient (Wildman–Crippen LogP) is 2.44. The molecule has 0 unspecified atom stereocenters. The third kappa shape index (κ3) is 4.89. The van der Waals surface area contributed by atoms with E-state index in [9.17, 15) is 14.4 Å². The topological polar surface area (TPSA) is 108 Å². The highest BCUT2D eigenvalue weighted by molar-refractivity contribution is 6.40. The molecule has 0 aliphatic carbocycles. The molecule has 0 aliphatic heterocycles. The molecule has 8 heteroatoms. The highest BCUT2D eigenvalue weighted by Gasteiger charge is 2.14. The Hall–Kier alpha value is -3.19. The van der Waals surface area contributed by atoms with Gasteiger partial charge in [0.1, 0.15) is 0 Å². The number of aromatic carboxylic acids is 1. The summed E-state index contributed by atoms with van der Waals surface area (Å²) in [6.45, 7) is 1.75. The monoisotopic (exact) mass is 359 g/mol. The molecule has 2 rings (SSSR count). The van der Waals surface area contributed by atoms with Gasteiger partial charge in [-0.3, -0.25) is 9.59 Å². The second-order valence-electron chi connectivity index (χ2n) is 5.00. The number of carboxylic acid groups (broad SMARTS) is 1. The summed E-state index contributed by atoms with van der Waals surface area (Å²) >= 11 is 5.85. The number of amides is 2. The first kappa shape index (κ1) is 18.2. The SMILES string of the molecule is Cc1ccc(Cl)cc1NC(=O)C(=O)N/N=C\c1ccccc1C(=O)O. The van der Waals surface area contributed by atoms with E-state index < -0.39 is 17.8 Å². The van der Waals surface area contributed by atoms with Crippen molar-refractivity contribution in [1.82, 2.24) is 5.43 Å². The number of rotatable bonds is 4. The molecule has 0 saturated heterocycles. The number of hydrogen-bond donors (Lipinski definition) is 3. The summed E-state index contributed by atoms with van der Waals surface area (Å²) in [5.74, 6) is -3.04. The highest BCUT2D eigenvalue weighted by atomic mass is 35.5. The molecule has 0 bridgehead atoms. The smallest absolute Gasteiger partial charge is 0.336 e. The van der Waals surface area contributed by atoms with Crippen LogP contribution in [0.1, 0.15) is 21.5 Å². The third-order valence-corrected chi connectivity index (χ3v) is 3.45. The number of aryl methyl sites for hydroxylation is 1. The van der Waals surface area contributed by atoms with Crippen molar-refractivity contribution < 1.29 is 19.5 Å². The Morgan fingerprint density at radius 1 is 1.12 bits per heavy atom. The summed E-state index contributed by atoms with van der Waals surface area (Å²) in [5, 5.41) is 15.5. The zero-order chi connectivity index (χ0) is 18.4. The number of benzene rings is 2. The van der Waals surface area contributed by atoms with Gasteiger partial charge in [0.2, 0.25) is 0 Å². The van der Waals surface area contributed by atoms with E-state index in [0.29, 0.717) is 16.3 Å². The van der Waals surface area contributed by atoms with Crippen molar-refractivity contribution in [2.24, 2.45) is 5.10 Å². The maximum atomic E-state index is 11.9. The standard InChI is InChI=1S/C17H14ClN3O4/c1-10-6-7-12(18)8-14(10)20-15(22)16(23)21-19-9-11-4-2-3-5-13(11)17(24)25/h2-9H,1H3,(H,20,22)(H,21,23)(H,24,25)/b19-9-. The van der Waals surface area contributed by atoms with Crippen molar-refractivity contribution in [2.45, 2.75) is 6.92 Å². The normalized spacial score (nSPS) is 10.5. The van der Waals surface area contributed by atoms with Crippen LogP contribution in [0.15, 0.2) is 47.6 Å². The predicted molar refractivity (Wildman–Crippen MR) is 94.0 cm³/mol. The van der Waals surface area contributed by atoms with Crippen molar-refractivity contribution in [3.05, 3.63) is 64.2 Å². The van der Waals surface area contributed by atoms with Crippen molar-refractivity contribution in [3.63, 3.8) is 0 Å². The lowest BCUT2D eigenvalue weighted by Gasteiger charge is -2.07. The molecule has 2 aromatic rings. The largest absolute Gasteiger partial charge is 0.478 e. The van der Waals surface area contributed by atoms with Crippen molar-refractivity contribution >= 4 is 41.3 Å². The molecule has 0 saturated carbocycles. The average Bonchev–Trinajstić information content (AvgIpc) is 2.58. The molecule has 2 amide bonds. The number of carboxylic acids is 1. The molecule has 0 fully saturated rings. The Bertz CT molecular complexity index is 865. The quantitative estimate of drug-likeness (QED) is 0.442. The summed E-state index contributed by atoms with van der Waals surface area (Å²) < 4.78 is 0. The van der Waals surface area contributed by atoms with E-state index in [-0.39, 0.29) is 5.56 Å². The first-order valence-corrected chi connectivity index (χ1v) is 7.49. The molecule has 0 aromatic heterocycles. The lowest BCUT2D eigenvalue weighted by atomic mass is 10.1. The number of hydrogen-bond acceptors (Lipinski definition) is 4. The number of halogens is 1. The van der Waals surface area contributed by atoms with Crippen molar-refractivity contribution in [1.29, 1.82) is 0 Å². The van der Waals surface area contributed by atoms with Gasteiger partial charge in [0.15, 0.2) is 0 Å². The zero-order valence-corrected chi connectivity index (χ0v) is 13.9. The molecule has 128 valence electrons. The summed E-state index contributed by atoms with van der Waals surface area (Å²) in [7, 11) is 0. The number of carbonyl (C=O) groups excluding carboxylic acids is 2. The van der Waals surface area contributed by atoms with Crippen LogP contribution in [-0.2, 0) is 9.59 Å². The number of hydrazone groups is 1. The maximum Gasteiger partial charge on any atom is 0.336 e. The fraction of sp³-hybridized carbons (Fsp3) is 0.0588. The Morgan fingerprint density at radius 3 is 2.56 bits per heavy atom. The third-order valence-electron chi connectivity index (χ3n) is 3.21. The molecule has 7 nitrogen and oxygen atoms in total. The van der Waals surface area contributed by atoms with Gasteiger partial charge >= 0.3 is 17.8 Å². The molecular formula is C17H14ClN3O4. The molecule has 2 aromatic carbocycles. The van der Waals surface area contributed by atoms with Crippen molar-refractivity contribution in [3.8, 4) is 0 Å². The second kappa shape index (κ2) is 8.07. The van der Waals surface area contributed by atoms with Crippen LogP contribution in [0.4, 0.5) is 5.69 Å². The van der Waals surface area contributed by atoms with Crippen LogP contribution in [0.2, 0.25) is 5.02 Å². The van der Waals surface area contributed by atoms with Gasteiger partial charge in [-0.25, -0.2) is 10.2 Å². The van der Waals surface area contributed by atoms with Gasteiger partial charge < -0.3 is 10.4 Å². The first-order chi connectivity index (χ1) is 11.9. The minimum absolute atomic E-state index is 0.0273. The van der Waals surface area contributed by atoms with Crippen LogP contribution in [0.5, 0.6) is 0 Å². The molecule has 0 heterocycles. The minimum Gasteiger partial charge on any atom is -0.478 e. The van der Waals surface area contributed by atoms with Gasteiger partial charge in [-0.15, -0.1) is 0 Å². The first-order valence-electron chi connectivity index (χ1n) is 7.11. The summed E-state index contributed by atoms with van der Waals surface area (Å²) in [6, 6.07) is 11.0. The average molecular weight is 360 g/mol. The Labute approximate surface area is 148 Å². The van der Waals surface area contributed by atoms with Gasteiger partial charge in [0.25, 0.3) is 0 Å². The fourth-order valence-corrected chi connectivity index (χ4v) is 2.10. The van der Waals surface area contributed by atoms with E-state index in [1.165, 1.54) is 18.2 Å². The van der Waals surface area contributed by atoms with Crippen LogP contribution in [0.25, 0.3) is 0 Å². The Balaban J connectivity index is 2.01. The number of nitrogens with zero attached hydrogens (tertiary/aromatic N) is 1. The lowest BCUT2D eigenvalue weighted by Crippen LogP contribution is -2.32. The van der Waals surface area contributed by atoms with E-state index in [4.69, 9.17) is 16.7 Å². The minimum atomic E-state index is -1.12. The molecular weight excluding hydrogens is 346 g/mol. The molecule has 0 radical (unpaired) electrons. The van der Waals surface area contributed by atoms with E-state index in [1.54, 1.807) is 31.2 Å². The van der Waals surface area contributed by atoms with E-state index in [0.717, 1.165) is 11.8 Å². The molecule has 0 spiro atoms. The van der Waals surface area contributed by atoms with Gasteiger partial charge in [0.05, 0.1) is 11.8 Å².